The summed E-state index contributed by atoms with van der Waals surface area (Å²) in [5.74, 6) is -0.839. The van der Waals surface area contributed by atoms with Crippen LogP contribution in [0.4, 0.5) is 11.4 Å². The largest absolute Gasteiger partial charge is 0.493 e. The first-order chi connectivity index (χ1) is 40.6. The normalized spacial score (nSPS) is 18.3. The van der Waals surface area contributed by atoms with Crippen LogP contribution in [-0.2, 0) is 41.6 Å². The van der Waals surface area contributed by atoms with Gasteiger partial charge < -0.3 is 44.7 Å². The van der Waals surface area contributed by atoms with E-state index in [4.69, 9.17) is 14.6 Å². The number of carbonyl (C=O) groups is 4. The molecule has 2 aromatic heterocycles. The number of nitrogens with zero attached hydrogens (tertiary/aromatic N) is 9. The van der Waals surface area contributed by atoms with Gasteiger partial charge in [0.05, 0.1) is 40.7 Å². The number of anilines is 2. The van der Waals surface area contributed by atoms with E-state index in [-0.39, 0.29) is 42.2 Å². The molecule has 84 heavy (non-hydrogen) atoms. The average Bonchev–Trinajstić information content (AvgIpc) is 2.64. The molecule has 0 saturated carbocycles. The third kappa shape index (κ3) is 11.7. The highest BCUT2D eigenvalue weighted by Gasteiger charge is 2.45. The fourth-order valence-corrected chi connectivity index (χ4v) is 13.6. The number of aryl methyl sites for hydroxylation is 3. The number of piperazine rings is 2. The van der Waals surface area contributed by atoms with Crippen molar-refractivity contribution in [3.05, 3.63) is 137 Å². The molecule has 21 nitrogen and oxygen atoms in total. The zero-order chi connectivity index (χ0) is 58.8. The maximum Gasteiger partial charge on any atom is 0.352 e. The van der Waals surface area contributed by atoms with Crippen LogP contribution in [0.2, 0.25) is 0 Å². The summed E-state index contributed by atoms with van der Waals surface area (Å²) in [5.41, 5.74) is 7.30. The second-order valence-corrected chi connectivity index (χ2v) is 24.3. The van der Waals surface area contributed by atoms with Crippen LogP contribution in [0.25, 0.3) is 32.8 Å². The van der Waals surface area contributed by atoms with Gasteiger partial charge in [-0.3, -0.25) is 28.9 Å². The third-order valence-corrected chi connectivity index (χ3v) is 18.8. The summed E-state index contributed by atoms with van der Waals surface area (Å²) in [6.07, 6.45) is 0.807. The van der Waals surface area contributed by atoms with Crippen molar-refractivity contribution in [1.82, 2.24) is 43.0 Å². The molecule has 6 heterocycles. The van der Waals surface area contributed by atoms with Gasteiger partial charge in [-0.1, -0.05) is 60.7 Å². The highest BCUT2D eigenvalue weighted by atomic mass is 32.2. The minimum Gasteiger partial charge on any atom is -0.493 e. The van der Waals surface area contributed by atoms with Crippen molar-refractivity contribution in [2.45, 2.75) is 64.4 Å². The number of carbonyl (C=O) groups excluding carboxylic acids is 3. The number of hydrogen-bond donors (Lipinski definition) is 4. The lowest BCUT2D eigenvalue weighted by Gasteiger charge is -2.36. The molecule has 0 spiro atoms. The second-order valence-electron chi connectivity index (χ2n) is 22.2. The number of benzene rings is 5. The second kappa shape index (κ2) is 24.8. The van der Waals surface area contributed by atoms with Crippen LogP contribution in [0.5, 0.6) is 11.5 Å². The first-order valence-corrected chi connectivity index (χ1v) is 30.3. The lowest BCUT2D eigenvalue weighted by atomic mass is 9.98. The van der Waals surface area contributed by atoms with Gasteiger partial charge in [0.1, 0.15) is 30.0 Å². The van der Waals surface area contributed by atoms with E-state index in [1.165, 1.54) is 8.61 Å². The number of hydrogen-bond acceptors (Lipinski definition) is 14. The zero-order valence-electron chi connectivity index (χ0n) is 48.0. The Labute approximate surface area is 489 Å². The molecule has 3 fully saturated rings. The van der Waals surface area contributed by atoms with Crippen LogP contribution in [0.3, 0.4) is 0 Å². The summed E-state index contributed by atoms with van der Waals surface area (Å²) in [6.45, 7) is 10.1. The van der Waals surface area contributed by atoms with Gasteiger partial charge in [-0.15, -0.1) is 0 Å². The lowest BCUT2D eigenvalue weighted by Crippen LogP contribution is -2.57. The van der Waals surface area contributed by atoms with E-state index in [1.54, 1.807) is 32.3 Å². The monoisotopic (exact) mass is 1160 g/mol. The van der Waals surface area contributed by atoms with E-state index >= 15 is 0 Å². The predicted octanol–water partition coefficient (Wildman–Crippen LogP) is 6.03. The van der Waals surface area contributed by atoms with Crippen LogP contribution < -0.4 is 25.0 Å². The molecule has 442 valence electrons. The van der Waals surface area contributed by atoms with Crippen LogP contribution in [0.15, 0.2) is 103 Å². The molecule has 5 aromatic carbocycles. The maximum absolute atomic E-state index is 13.8. The third-order valence-electron chi connectivity index (χ3n) is 16.9. The minimum atomic E-state index is -3.48. The molecule has 7 aromatic rings. The number of ether oxygens (including phenoxy) is 2. The number of amides is 3. The van der Waals surface area contributed by atoms with Gasteiger partial charge >= 0.3 is 5.97 Å². The molecular formula is C62H73N11O10S. The SMILES string of the molecule is Cc1nn(C)c(COc2ccc(N3CCN(S(=O)(=O)N(C)C)CC3)cc2)c1-c1cccc2c(CCCOc3cccc4ccccc34)c(C(=O)O)n(CCN3CCN(CCCNc4cccc5c4C(=O)N(C4CCC(=O)NC4O)C5=O)CC3)c12. The molecule has 22 heteroatoms. The van der Waals surface area contributed by atoms with Crippen molar-refractivity contribution in [2.75, 3.05) is 103 Å². The van der Waals surface area contributed by atoms with E-state index in [0.29, 0.717) is 76.7 Å². The Kier molecular flexibility index (Phi) is 17.1. The fraction of sp³-hybridized carbons (Fsp3) is 0.403. The molecule has 4 N–H and O–H groups in total. The molecule has 0 aliphatic carbocycles. The molecule has 3 amide bonds. The Morgan fingerprint density at radius 1 is 0.774 bits per heavy atom. The molecule has 11 rings (SSSR count). The van der Waals surface area contributed by atoms with Gasteiger partial charge in [0.15, 0.2) is 0 Å². The number of carboxylic acid groups (broad SMARTS) is 1. The number of piperidine rings is 1. The van der Waals surface area contributed by atoms with Crippen molar-refractivity contribution < 1.29 is 47.3 Å². The van der Waals surface area contributed by atoms with E-state index in [0.717, 1.165) is 105 Å². The quantitative estimate of drug-likeness (QED) is 0.0449. The van der Waals surface area contributed by atoms with Crippen molar-refractivity contribution in [3.8, 4) is 22.6 Å². The smallest absolute Gasteiger partial charge is 0.352 e. The summed E-state index contributed by atoms with van der Waals surface area (Å²) in [7, 11) is 1.51. The van der Waals surface area contributed by atoms with Crippen molar-refractivity contribution in [1.29, 1.82) is 0 Å². The molecule has 0 radical (unpaired) electrons. The molecule has 4 aliphatic rings. The zero-order valence-corrected chi connectivity index (χ0v) is 48.8. The highest BCUT2D eigenvalue weighted by Crippen LogP contribution is 2.39. The summed E-state index contributed by atoms with van der Waals surface area (Å²) < 4.78 is 45.0. The van der Waals surface area contributed by atoms with Crippen LogP contribution in [-0.4, -0.2) is 185 Å². The summed E-state index contributed by atoms with van der Waals surface area (Å²) in [5, 5.41) is 35.5. The van der Waals surface area contributed by atoms with Crippen molar-refractivity contribution in [3.63, 3.8) is 0 Å². The summed E-state index contributed by atoms with van der Waals surface area (Å²) in [4.78, 5) is 60.8. The van der Waals surface area contributed by atoms with Gasteiger partial charge in [0, 0.05) is 133 Å². The van der Waals surface area contributed by atoms with Crippen LogP contribution >= 0.6 is 0 Å². The number of aliphatic hydroxyl groups is 1. The number of imide groups is 1. The first kappa shape index (κ1) is 57.9. The molecular weight excluding hydrogens is 1090 g/mol. The first-order valence-electron chi connectivity index (χ1n) is 28.9. The van der Waals surface area contributed by atoms with Gasteiger partial charge in [-0.25, -0.2) is 4.79 Å². The number of nitrogens with one attached hydrogen (secondary N) is 2. The van der Waals surface area contributed by atoms with E-state index in [2.05, 4.69) is 43.5 Å². The Bertz CT molecular complexity index is 3710. The van der Waals surface area contributed by atoms with Gasteiger partial charge in [-0.2, -0.15) is 22.1 Å². The number of aliphatic hydroxyl groups excluding tert-OH is 1. The number of fused-ring (bicyclic) bond motifs is 3. The van der Waals surface area contributed by atoms with Crippen LogP contribution in [0, 0.1) is 6.92 Å². The topological polar surface area (TPSA) is 228 Å². The lowest BCUT2D eigenvalue weighted by molar-refractivity contribution is -0.129. The maximum atomic E-state index is 13.8. The van der Waals surface area contributed by atoms with Crippen molar-refractivity contribution >= 4 is 67.0 Å². The molecule has 3 saturated heterocycles. The standard InChI is InChI=1S/C62H73N11O10S/c1-41-55(52(67(4)65-41)40-83-44-23-21-43(22-24-44)70-34-36-71(37-35-70)84(80,81)66(2)3)48-16-8-15-46-47(18-10-39-82-53-20-7-13-42-12-5-6-14-45(42)53)58(62(78)79)72(57(46)48)38-33-69-31-29-68(30-32-69)28-11-27-63-50-19-9-17-49-56(50)61(77)73(60(49)76)51-25-26-54(74)64-59(51)75/h5-9,12-17,19-24,51,59,63,75H,10-11,18,25-40H2,1-4H3,(H,64,74)(H,78,79). The Morgan fingerprint density at radius 3 is 2.20 bits per heavy atom. The number of para-hydroxylation sites is 1. The van der Waals surface area contributed by atoms with Gasteiger partial charge in [0.25, 0.3) is 22.0 Å². The summed E-state index contributed by atoms with van der Waals surface area (Å²) >= 11 is 0. The number of rotatable bonds is 22. The predicted molar refractivity (Wildman–Crippen MR) is 321 cm³/mol. The number of aromatic carboxylic acids is 1. The Morgan fingerprint density at radius 2 is 1.46 bits per heavy atom. The van der Waals surface area contributed by atoms with Crippen molar-refractivity contribution in [2.24, 2.45) is 7.05 Å². The Hall–Kier alpha value is -7.86. The fourth-order valence-electron chi connectivity index (χ4n) is 12.5. The number of carboxylic acids is 1. The molecule has 0 bridgehead atoms. The highest BCUT2D eigenvalue weighted by molar-refractivity contribution is 7.86. The number of aromatic nitrogens is 3. The van der Waals surface area contributed by atoms with Gasteiger partial charge in [-0.05, 0) is 92.6 Å². The summed E-state index contributed by atoms with van der Waals surface area (Å²) in [6, 6.07) is 32.3. The molecule has 2 unspecified atom stereocenters. The minimum absolute atomic E-state index is 0.111. The van der Waals surface area contributed by atoms with E-state index in [1.807, 2.05) is 90.0 Å². The van der Waals surface area contributed by atoms with Gasteiger partial charge in [0.2, 0.25) is 5.91 Å². The Balaban J connectivity index is 0.779. The van der Waals surface area contributed by atoms with Crippen LogP contribution in [0.1, 0.15) is 73.8 Å². The van der Waals surface area contributed by atoms with E-state index < -0.39 is 40.3 Å². The molecule has 4 aliphatic heterocycles. The molecule has 2 atom stereocenters. The van der Waals surface area contributed by atoms with E-state index in [9.17, 15) is 37.8 Å². The average molecular weight is 1160 g/mol.